The molecule has 0 fully saturated rings. The minimum atomic E-state index is 0.0276. The van der Waals surface area contributed by atoms with Crippen molar-refractivity contribution in [3.63, 3.8) is 0 Å². The number of amidine groups is 3. The molecule has 0 aliphatic carbocycles. The molecule has 104 valence electrons. The molecule has 0 radical (unpaired) electrons. The average Bonchev–Trinajstić information content (AvgIpc) is 3.05. The maximum atomic E-state index is 4.62. The average molecular weight is 262 g/mol. The Hall–Kier alpha value is -1.59. The molecule has 0 saturated heterocycles. The molecule has 0 aromatic rings. The topological polar surface area (TPSA) is 73.2 Å². The first kappa shape index (κ1) is 12.4. The Morgan fingerprint density at radius 2 is 1.05 bits per heavy atom. The summed E-state index contributed by atoms with van der Waals surface area (Å²) in [7, 11) is 0. The van der Waals surface area contributed by atoms with Gasteiger partial charge in [0.2, 0.25) is 0 Å². The highest BCUT2D eigenvalue weighted by Gasteiger charge is 2.35. The van der Waals surface area contributed by atoms with Crippen molar-refractivity contribution in [2.24, 2.45) is 20.9 Å². The van der Waals surface area contributed by atoms with Gasteiger partial charge in [-0.1, -0.05) is 0 Å². The molecule has 0 saturated carbocycles. The normalized spacial score (nSPS) is 33.5. The summed E-state index contributed by atoms with van der Waals surface area (Å²) in [5.74, 6) is 3.01. The molecule has 0 amide bonds. The zero-order valence-corrected chi connectivity index (χ0v) is 11.8. The van der Waals surface area contributed by atoms with Crippen LogP contribution in [0, 0.1) is 5.92 Å². The quantitative estimate of drug-likeness (QED) is 0.658. The summed E-state index contributed by atoms with van der Waals surface area (Å²) in [6.45, 7) is 8.93. The van der Waals surface area contributed by atoms with Crippen LogP contribution in [0.2, 0.25) is 0 Å². The van der Waals surface area contributed by atoms with Gasteiger partial charge in [0.1, 0.15) is 23.4 Å². The van der Waals surface area contributed by atoms with E-state index in [-0.39, 0.29) is 5.92 Å². The van der Waals surface area contributed by atoms with E-state index in [0.29, 0.717) is 18.1 Å². The van der Waals surface area contributed by atoms with Crippen molar-refractivity contribution < 1.29 is 0 Å². The van der Waals surface area contributed by atoms with Gasteiger partial charge in [0.15, 0.2) is 0 Å². The second-order valence-electron chi connectivity index (χ2n) is 5.75. The molecule has 3 rings (SSSR count). The van der Waals surface area contributed by atoms with Crippen molar-refractivity contribution in [1.29, 1.82) is 0 Å². The molecular weight excluding hydrogens is 240 g/mol. The highest BCUT2D eigenvalue weighted by molar-refractivity contribution is 6.23. The van der Waals surface area contributed by atoms with Crippen molar-refractivity contribution in [3.8, 4) is 0 Å². The van der Waals surface area contributed by atoms with E-state index in [9.17, 15) is 0 Å². The molecule has 3 aliphatic heterocycles. The van der Waals surface area contributed by atoms with Gasteiger partial charge in [-0.25, -0.2) is 0 Å². The van der Waals surface area contributed by atoms with Crippen LogP contribution in [-0.4, -0.2) is 55.3 Å². The summed E-state index contributed by atoms with van der Waals surface area (Å²) in [6.07, 6.45) is 0. The maximum Gasteiger partial charge on any atom is 0.130 e. The molecule has 3 N–H and O–H groups in total. The van der Waals surface area contributed by atoms with Crippen LogP contribution in [0.3, 0.4) is 0 Å². The van der Waals surface area contributed by atoms with Gasteiger partial charge in [-0.3, -0.25) is 15.0 Å². The Morgan fingerprint density at radius 3 is 1.26 bits per heavy atom. The van der Waals surface area contributed by atoms with Gasteiger partial charge in [-0.2, -0.15) is 0 Å². The Kier molecular flexibility index (Phi) is 3.16. The van der Waals surface area contributed by atoms with Crippen molar-refractivity contribution in [1.82, 2.24) is 16.0 Å². The maximum absolute atomic E-state index is 4.62. The Bertz CT molecular complexity index is 385. The fourth-order valence-corrected chi connectivity index (χ4v) is 2.65. The van der Waals surface area contributed by atoms with Crippen LogP contribution in [0.4, 0.5) is 0 Å². The molecule has 3 heterocycles. The third-order valence-corrected chi connectivity index (χ3v) is 3.61. The van der Waals surface area contributed by atoms with Gasteiger partial charge in [-0.15, -0.1) is 0 Å². The third-order valence-electron chi connectivity index (χ3n) is 3.61. The summed E-state index contributed by atoms with van der Waals surface area (Å²) < 4.78 is 0. The second-order valence-corrected chi connectivity index (χ2v) is 5.75. The van der Waals surface area contributed by atoms with E-state index in [2.05, 4.69) is 51.7 Å². The summed E-state index contributed by atoms with van der Waals surface area (Å²) in [6, 6.07) is 1.20. The first-order valence-corrected chi connectivity index (χ1v) is 7.06. The van der Waals surface area contributed by atoms with E-state index >= 15 is 0 Å². The number of nitrogens with zero attached hydrogens (tertiary/aromatic N) is 3. The lowest BCUT2D eigenvalue weighted by atomic mass is 10.0. The summed E-state index contributed by atoms with van der Waals surface area (Å²) in [5.41, 5.74) is 0. The van der Waals surface area contributed by atoms with Crippen LogP contribution in [0.15, 0.2) is 15.0 Å². The van der Waals surface area contributed by atoms with E-state index < -0.39 is 0 Å². The van der Waals surface area contributed by atoms with Crippen LogP contribution in [-0.2, 0) is 0 Å². The number of hydrogen-bond donors (Lipinski definition) is 3. The first-order valence-electron chi connectivity index (χ1n) is 7.06. The molecule has 0 unspecified atom stereocenters. The van der Waals surface area contributed by atoms with E-state index in [1.54, 1.807) is 0 Å². The van der Waals surface area contributed by atoms with Crippen LogP contribution in [0.5, 0.6) is 0 Å². The molecule has 19 heavy (non-hydrogen) atoms. The lowest BCUT2D eigenvalue weighted by Gasteiger charge is -2.21. The number of rotatable bonds is 3. The Labute approximate surface area is 113 Å². The standard InChI is InChI=1S/C13H22N6/c1-7-4-14-11(17-7)10(12-15-5-8(2)18-12)13-16-6-9(3)19-13/h7-10H,4-6H2,1-3H3,(H,14,17)(H,15,18)(H,16,19)/t7-,8-,9-/m0/s1. The lowest BCUT2D eigenvalue weighted by molar-refractivity contribution is 0.706. The monoisotopic (exact) mass is 262 g/mol. The summed E-state index contributed by atoms with van der Waals surface area (Å²) in [5, 5.41) is 10.3. The third kappa shape index (κ3) is 2.43. The molecule has 6 heteroatoms. The molecule has 0 spiro atoms. The van der Waals surface area contributed by atoms with E-state index in [1.807, 2.05) is 0 Å². The van der Waals surface area contributed by atoms with Gasteiger partial charge in [0.25, 0.3) is 0 Å². The molecule has 0 bridgehead atoms. The van der Waals surface area contributed by atoms with Crippen molar-refractivity contribution in [2.45, 2.75) is 38.9 Å². The van der Waals surface area contributed by atoms with E-state index in [1.165, 1.54) is 0 Å². The van der Waals surface area contributed by atoms with E-state index in [0.717, 1.165) is 37.1 Å². The predicted molar refractivity (Wildman–Crippen MR) is 78.2 cm³/mol. The fourth-order valence-electron chi connectivity index (χ4n) is 2.65. The zero-order chi connectivity index (χ0) is 13.4. The Morgan fingerprint density at radius 1 is 0.737 bits per heavy atom. The van der Waals surface area contributed by atoms with Crippen LogP contribution >= 0.6 is 0 Å². The van der Waals surface area contributed by atoms with Gasteiger partial charge < -0.3 is 16.0 Å². The molecule has 0 aromatic heterocycles. The van der Waals surface area contributed by atoms with Gasteiger partial charge in [0, 0.05) is 18.1 Å². The summed E-state index contributed by atoms with van der Waals surface area (Å²) >= 11 is 0. The van der Waals surface area contributed by atoms with Gasteiger partial charge in [-0.05, 0) is 20.8 Å². The lowest BCUT2D eigenvalue weighted by Crippen LogP contribution is -2.49. The predicted octanol–water partition coefficient (Wildman–Crippen LogP) is -0.227. The second kappa shape index (κ2) is 4.83. The molecule has 3 atom stereocenters. The first-order chi connectivity index (χ1) is 9.13. The molecular formula is C13H22N6. The van der Waals surface area contributed by atoms with Crippen molar-refractivity contribution in [2.75, 3.05) is 19.6 Å². The van der Waals surface area contributed by atoms with Crippen LogP contribution < -0.4 is 16.0 Å². The molecule has 0 aromatic carbocycles. The van der Waals surface area contributed by atoms with E-state index in [4.69, 9.17) is 0 Å². The highest BCUT2D eigenvalue weighted by Crippen LogP contribution is 2.15. The highest BCUT2D eigenvalue weighted by atomic mass is 15.2. The number of aliphatic imine (C=N–C) groups is 3. The summed E-state index contributed by atoms with van der Waals surface area (Å²) in [4.78, 5) is 13.9. The Balaban J connectivity index is 1.84. The zero-order valence-electron chi connectivity index (χ0n) is 11.8. The minimum absolute atomic E-state index is 0.0276. The largest absolute Gasteiger partial charge is 0.369 e. The van der Waals surface area contributed by atoms with Crippen LogP contribution in [0.25, 0.3) is 0 Å². The van der Waals surface area contributed by atoms with Gasteiger partial charge in [0.05, 0.1) is 19.6 Å². The smallest absolute Gasteiger partial charge is 0.130 e. The number of hydrogen-bond acceptors (Lipinski definition) is 6. The van der Waals surface area contributed by atoms with Crippen molar-refractivity contribution in [3.05, 3.63) is 0 Å². The molecule has 3 aliphatic rings. The SMILES string of the molecule is C[C@H]1CN=C(C(C2=NC[C@H](C)N2)C2=NC[C@H](C)N2)N1. The minimum Gasteiger partial charge on any atom is -0.369 e. The fraction of sp³-hybridized carbons (Fsp3) is 0.769. The number of nitrogens with one attached hydrogen (secondary N) is 3. The van der Waals surface area contributed by atoms with Crippen molar-refractivity contribution >= 4 is 17.5 Å². The van der Waals surface area contributed by atoms with Gasteiger partial charge >= 0.3 is 0 Å². The molecule has 6 nitrogen and oxygen atoms in total. The van der Waals surface area contributed by atoms with Crippen LogP contribution in [0.1, 0.15) is 20.8 Å².